The average molecular weight is 238 g/mol. The molecule has 1 N–H and O–H groups in total. The fourth-order valence-electron chi connectivity index (χ4n) is 1.29. The molecule has 0 saturated carbocycles. The van der Waals surface area contributed by atoms with E-state index in [1.165, 1.54) is 7.11 Å². The first-order chi connectivity index (χ1) is 8.26. The zero-order valence-corrected chi connectivity index (χ0v) is 10.2. The molecule has 0 aliphatic rings. The predicted octanol–water partition coefficient (Wildman–Crippen LogP) is 1.13. The van der Waals surface area contributed by atoms with Crippen molar-refractivity contribution in [3.63, 3.8) is 0 Å². The molecule has 0 amide bonds. The smallest absolute Gasteiger partial charge is 0.305 e. The molecule has 0 aliphatic heterocycles. The van der Waals surface area contributed by atoms with Crippen LogP contribution < -0.4 is 10.1 Å². The van der Waals surface area contributed by atoms with E-state index in [0.29, 0.717) is 19.4 Å². The Balaban J connectivity index is 2.25. The van der Waals surface area contributed by atoms with Gasteiger partial charge in [-0.05, 0) is 25.6 Å². The number of methoxy groups -OCH3 is 1. The number of nitrogens with zero attached hydrogens (tertiary/aromatic N) is 1. The summed E-state index contributed by atoms with van der Waals surface area (Å²) in [5.41, 5.74) is 0.967. The molecular weight excluding hydrogens is 220 g/mol. The number of pyridine rings is 1. The molecule has 17 heavy (non-hydrogen) atoms. The van der Waals surface area contributed by atoms with Gasteiger partial charge < -0.3 is 14.8 Å². The Morgan fingerprint density at radius 2 is 2.29 bits per heavy atom. The SMILES string of the molecule is CNCc1ccc(OCCCC(=O)OC)cn1. The summed E-state index contributed by atoms with van der Waals surface area (Å²) in [5.74, 6) is 0.505. The largest absolute Gasteiger partial charge is 0.492 e. The van der Waals surface area contributed by atoms with E-state index in [0.717, 1.165) is 18.0 Å². The van der Waals surface area contributed by atoms with Crippen LogP contribution in [-0.2, 0) is 16.1 Å². The third kappa shape index (κ3) is 5.31. The highest BCUT2D eigenvalue weighted by Gasteiger charge is 2.00. The van der Waals surface area contributed by atoms with E-state index in [1.807, 2.05) is 19.2 Å². The zero-order chi connectivity index (χ0) is 12.5. The van der Waals surface area contributed by atoms with Gasteiger partial charge in [0, 0.05) is 13.0 Å². The van der Waals surface area contributed by atoms with Gasteiger partial charge in [-0.25, -0.2) is 0 Å². The highest BCUT2D eigenvalue weighted by Crippen LogP contribution is 2.09. The van der Waals surface area contributed by atoms with Crippen molar-refractivity contribution in [2.45, 2.75) is 19.4 Å². The summed E-state index contributed by atoms with van der Waals surface area (Å²) in [5, 5.41) is 3.02. The molecule has 0 atom stereocenters. The highest BCUT2D eigenvalue weighted by atomic mass is 16.5. The van der Waals surface area contributed by atoms with Crippen LogP contribution >= 0.6 is 0 Å². The first kappa shape index (κ1) is 13.4. The monoisotopic (exact) mass is 238 g/mol. The van der Waals surface area contributed by atoms with Gasteiger partial charge in [-0.15, -0.1) is 0 Å². The second-order valence-electron chi connectivity index (χ2n) is 3.54. The number of ether oxygens (including phenoxy) is 2. The van der Waals surface area contributed by atoms with Crippen molar-refractivity contribution in [3.8, 4) is 5.75 Å². The van der Waals surface area contributed by atoms with Crippen LogP contribution in [0, 0.1) is 0 Å². The molecule has 1 aromatic rings. The third-order valence-electron chi connectivity index (χ3n) is 2.18. The Morgan fingerprint density at radius 3 is 2.88 bits per heavy atom. The van der Waals surface area contributed by atoms with E-state index >= 15 is 0 Å². The van der Waals surface area contributed by atoms with Gasteiger partial charge >= 0.3 is 5.97 Å². The summed E-state index contributed by atoms with van der Waals surface area (Å²) in [7, 11) is 3.26. The second kappa shape index (κ2) is 7.62. The van der Waals surface area contributed by atoms with Gasteiger partial charge in [-0.2, -0.15) is 0 Å². The fraction of sp³-hybridized carbons (Fsp3) is 0.500. The summed E-state index contributed by atoms with van der Waals surface area (Å²) in [6.07, 6.45) is 2.71. The number of nitrogens with one attached hydrogen (secondary N) is 1. The maximum Gasteiger partial charge on any atom is 0.305 e. The molecule has 5 heteroatoms. The van der Waals surface area contributed by atoms with Crippen LogP contribution in [0.2, 0.25) is 0 Å². The molecule has 0 bridgehead atoms. The molecule has 5 nitrogen and oxygen atoms in total. The molecule has 0 unspecified atom stereocenters. The third-order valence-corrected chi connectivity index (χ3v) is 2.18. The van der Waals surface area contributed by atoms with Gasteiger partial charge in [-0.1, -0.05) is 0 Å². The fourth-order valence-corrected chi connectivity index (χ4v) is 1.29. The standard InChI is InChI=1S/C12H18N2O3/c1-13-8-10-5-6-11(9-14-10)17-7-3-4-12(15)16-2/h5-6,9,13H,3-4,7-8H2,1-2H3. The molecule has 0 fully saturated rings. The number of carbonyl (C=O) groups is 1. The Hall–Kier alpha value is -1.62. The van der Waals surface area contributed by atoms with E-state index < -0.39 is 0 Å². The van der Waals surface area contributed by atoms with Gasteiger partial charge in [0.15, 0.2) is 0 Å². The molecule has 1 rings (SSSR count). The van der Waals surface area contributed by atoms with E-state index in [-0.39, 0.29) is 5.97 Å². The molecule has 1 aromatic heterocycles. The normalized spacial score (nSPS) is 10.0. The summed E-state index contributed by atoms with van der Waals surface area (Å²) < 4.78 is 9.97. The minimum Gasteiger partial charge on any atom is -0.492 e. The summed E-state index contributed by atoms with van der Waals surface area (Å²) in [4.78, 5) is 15.1. The van der Waals surface area contributed by atoms with Crippen LogP contribution in [0.1, 0.15) is 18.5 Å². The number of rotatable bonds is 7. The number of esters is 1. The Bertz CT molecular complexity index is 338. The van der Waals surface area contributed by atoms with Gasteiger partial charge in [0.2, 0.25) is 0 Å². The number of carbonyl (C=O) groups excluding carboxylic acids is 1. The lowest BCUT2D eigenvalue weighted by Crippen LogP contribution is -2.07. The summed E-state index contributed by atoms with van der Waals surface area (Å²) in [6, 6.07) is 3.78. The quantitative estimate of drug-likeness (QED) is 0.570. The minimum atomic E-state index is -0.212. The molecule has 0 saturated heterocycles. The maximum atomic E-state index is 10.8. The molecule has 0 spiro atoms. The number of hydrogen-bond donors (Lipinski definition) is 1. The van der Waals surface area contributed by atoms with Crippen LogP contribution in [0.5, 0.6) is 5.75 Å². The lowest BCUT2D eigenvalue weighted by atomic mass is 10.3. The van der Waals surface area contributed by atoms with E-state index in [1.54, 1.807) is 6.20 Å². The molecule has 1 heterocycles. The average Bonchev–Trinajstić information content (AvgIpc) is 2.36. The highest BCUT2D eigenvalue weighted by molar-refractivity contribution is 5.68. The molecular formula is C12H18N2O3. The van der Waals surface area contributed by atoms with E-state index in [2.05, 4.69) is 15.0 Å². The molecule has 0 aromatic carbocycles. The molecule has 94 valence electrons. The van der Waals surface area contributed by atoms with Gasteiger partial charge in [0.1, 0.15) is 5.75 Å². The van der Waals surface area contributed by atoms with Crippen molar-refractivity contribution in [1.29, 1.82) is 0 Å². The van der Waals surface area contributed by atoms with Crippen molar-refractivity contribution in [1.82, 2.24) is 10.3 Å². The minimum absolute atomic E-state index is 0.212. The predicted molar refractivity (Wildman–Crippen MR) is 63.7 cm³/mol. The lowest BCUT2D eigenvalue weighted by molar-refractivity contribution is -0.140. The molecule has 0 radical (unpaired) electrons. The Labute approximate surface area is 101 Å². The van der Waals surface area contributed by atoms with Crippen LogP contribution in [0.25, 0.3) is 0 Å². The van der Waals surface area contributed by atoms with Crippen molar-refractivity contribution >= 4 is 5.97 Å². The Kier molecular flexibility index (Phi) is 6.03. The first-order valence-electron chi connectivity index (χ1n) is 5.55. The summed E-state index contributed by atoms with van der Waals surface area (Å²) >= 11 is 0. The van der Waals surface area contributed by atoms with Crippen LogP contribution in [0.15, 0.2) is 18.3 Å². The van der Waals surface area contributed by atoms with Crippen LogP contribution in [0.4, 0.5) is 0 Å². The van der Waals surface area contributed by atoms with Crippen molar-refractivity contribution in [2.75, 3.05) is 20.8 Å². The molecule has 0 aliphatic carbocycles. The van der Waals surface area contributed by atoms with Gasteiger partial charge in [-0.3, -0.25) is 9.78 Å². The van der Waals surface area contributed by atoms with E-state index in [4.69, 9.17) is 4.74 Å². The summed E-state index contributed by atoms with van der Waals surface area (Å²) in [6.45, 7) is 1.23. The first-order valence-corrected chi connectivity index (χ1v) is 5.55. The van der Waals surface area contributed by atoms with Crippen LogP contribution in [0.3, 0.4) is 0 Å². The van der Waals surface area contributed by atoms with Crippen molar-refractivity contribution in [3.05, 3.63) is 24.0 Å². The number of hydrogen-bond acceptors (Lipinski definition) is 5. The zero-order valence-electron chi connectivity index (χ0n) is 10.2. The van der Waals surface area contributed by atoms with Crippen LogP contribution in [-0.4, -0.2) is 31.7 Å². The Morgan fingerprint density at radius 1 is 1.47 bits per heavy atom. The van der Waals surface area contributed by atoms with Crippen molar-refractivity contribution < 1.29 is 14.3 Å². The van der Waals surface area contributed by atoms with Crippen molar-refractivity contribution in [2.24, 2.45) is 0 Å². The van der Waals surface area contributed by atoms with Gasteiger partial charge in [0.05, 0.1) is 25.6 Å². The van der Waals surface area contributed by atoms with Gasteiger partial charge in [0.25, 0.3) is 0 Å². The maximum absolute atomic E-state index is 10.8. The number of aromatic nitrogens is 1. The topological polar surface area (TPSA) is 60.5 Å². The lowest BCUT2D eigenvalue weighted by Gasteiger charge is -2.06. The second-order valence-corrected chi connectivity index (χ2v) is 3.54. The van der Waals surface area contributed by atoms with E-state index in [9.17, 15) is 4.79 Å².